The molecule has 7 nitrogen and oxygen atoms in total. The second kappa shape index (κ2) is 5.79. The first-order valence-electron chi connectivity index (χ1n) is 6.23. The lowest BCUT2D eigenvalue weighted by atomic mass is 10.1. The topological polar surface area (TPSA) is 102 Å². The lowest BCUT2D eigenvalue weighted by Crippen LogP contribution is -2.01. The van der Waals surface area contributed by atoms with Crippen molar-refractivity contribution in [2.75, 3.05) is 0 Å². The number of nitrogens with zero attached hydrogens (tertiary/aromatic N) is 3. The molecule has 7 heteroatoms. The molecular formula is C13H15N3O4. The van der Waals surface area contributed by atoms with Crippen LogP contribution in [-0.2, 0) is 6.42 Å². The lowest BCUT2D eigenvalue weighted by Gasteiger charge is -2.00. The summed E-state index contributed by atoms with van der Waals surface area (Å²) in [6.07, 6.45) is 0.554. The third-order valence-corrected chi connectivity index (χ3v) is 2.92. The molecule has 0 aliphatic carbocycles. The first-order chi connectivity index (χ1) is 9.47. The van der Waals surface area contributed by atoms with E-state index in [9.17, 15) is 15.2 Å². The molecule has 0 radical (unpaired) electrons. The van der Waals surface area contributed by atoms with Gasteiger partial charge in [0.25, 0.3) is 5.69 Å². The van der Waals surface area contributed by atoms with Crippen LogP contribution in [0.25, 0.3) is 11.4 Å². The molecule has 0 amide bonds. The lowest BCUT2D eigenvalue weighted by molar-refractivity contribution is -0.384. The van der Waals surface area contributed by atoms with Crippen LogP contribution in [0.2, 0.25) is 0 Å². The fraction of sp³-hybridized carbons (Fsp3) is 0.385. The van der Waals surface area contributed by atoms with Crippen LogP contribution in [0, 0.1) is 17.0 Å². The van der Waals surface area contributed by atoms with E-state index in [4.69, 9.17) is 4.52 Å². The van der Waals surface area contributed by atoms with Crippen molar-refractivity contribution in [1.29, 1.82) is 0 Å². The number of aromatic nitrogens is 2. The highest BCUT2D eigenvalue weighted by atomic mass is 16.6. The van der Waals surface area contributed by atoms with Crippen LogP contribution in [0.3, 0.4) is 0 Å². The zero-order valence-electron chi connectivity index (χ0n) is 11.2. The molecule has 20 heavy (non-hydrogen) atoms. The summed E-state index contributed by atoms with van der Waals surface area (Å²) in [6, 6.07) is 4.52. The van der Waals surface area contributed by atoms with Gasteiger partial charge in [-0.3, -0.25) is 10.1 Å². The fourth-order valence-electron chi connectivity index (χ4n) is 1.76. The standard InChI is InChI=1S/C13H15N3O4/c1-8-3-5-10(16(18)19)7-11(8)13-14-12(20-15-13)6-4-9(2)17/h3,5,7,9,17H,4,6H2,1-2H3. The summed E-state index contributed by atoms with van der Waals surface area (Å²) < 4.78 is 5.08. The van der Waals surface area contributed by atoms with Crippen molar-refractivity contribution in [2.24, 2.45) is 0 Å². The molecule has 0 bridgehead atoms. The number of rotatable bonds is 5. The molecule has 2 aromatic rings. The summed E-state index contributed by atoms with van der Waals surface area (Å²) in [4.78, 5) is 14.5. The molecule has 1 atom stereocenters. The largest absolute Gasteiger partial charge is 0.393 e. The van der Waals surface area contributed by atoms with Gasteiger partial charge in [-0.15, -0.1) is 0 Å². The SMILES string of the molecule is Cc1ccc([N+](=O)[O-])cc1-c1noc(CCC(C)O)n1. The van der Waals surface area contributed by atoms with Gasteiger partial charge in [-0.2, -0.15) is 4.98 Å². The Morgan fingerprint density at radius 1 is 1.50 bits per heavy atom. The second-order valence-corrected chi connectivity index (χ2v) is 4.66. The summed E-state index contributed by atoms with van der Waals surface area (Å²) in [5, 5.41) is 23.8. The second-order valence-electron chi connectivity index (χ2n) is 4.66. The Bertz CT molecular complexity index is 622. The molecule has 106 valence electrons. The Morgan fingerprint density at radius 2 is 2.25 bits per heavy atom. The highest BCUT2D eigenvalue weighted by Crippen LogP contribution is 2.25. The first-order valence-corrected chi connectivity index (χ1v) is 6.23. The predicted molar refractivity (Wildman–Crippen MR) is 71.1 cm³/mol. The number of hydrogen-bond donors (Lipinski definition) is 1. The molecule has 1 N–H and O–H groups in total. The number of hydrogen-bond acceptors (Lipinski definition) is 6. The highest BCUT2D eigenvalue weighted by Gasteiger charge is 2.15. The number of aliphatic hydroxyl groups is 1. The number of aryl methyl sites for hydroxylation is 2. The van der Waals surface area contributed by atoms with E-state index < -0.39 is 11.0 Å². The molecule has 1 unspecified atom stereocenters. The van der Waals surface area contributed by atoms with Crippen molar-refractivity contribution in [2.45, 2.75) is 32.8 Å². The summed E-state index contributed by atoms with van der Waals surface area (Å²) in [6.45, 7) is 3.51. The maximum Gasteiger partial charge on any atom is 0.270 e. The summed E-state index contributed by atoms with van der Waals surface area (Å²) >= 11 is 0. The van der Waals surface area contributed by atoms with E-state index in [2.05, 4.69) is 10.1 Å². The summed E-state index contributed by atoms with van der Waals surface area (Å²) in [5.74, 6) is 0.735. The molecule has 0 saturated heterocycles. The first kappa shape index (κ1) is 14.1. The van der Waals surface area contributed by atoms with Gasteiger partial charge in [-0.05, 0) is 25.8 Å². The molecule has 1 aromatic carbocycles. The van der Waals surface area contributed by atoms with Crippen LogP contribution in [0.1, 0.15) is 24.8 Å². The summed E-state index contributed by atoms with van der Waals surface area (Å²) in [5.41, 5.74) is 1.39. The van der Waals surface area contributed by atoms with Crippen molar-refractivity contribution in [3.8, 4) is 11.4 Å². The van der Waals surface area contributed by atoms with Crippen LogP contribution < -0.4 is 0 Å². The number of benzene rings is 1. The van der Waals surface area contributed by atoms with Crippen LogP contribution in [-0.4, -0.2) is 26.3 Å². The van der Waals surface area contributed by atoms with Gasteiger partial charge in [0.2, 0.25) is 11.7 Å². The molecule has 1 aromatic heterocycles. The molecule has 0 fully saturated rings. The van der Waals surface area contributed by atoms with Crippen molar-refractivity contribution < 1.29 is 14.6 Å². The van der Waals surface area contributed by atoms with E-state index in [-0.39, 0.29) is 5.69 Å². The molecule has 0 spiro atoms. The smallest absolute Gasteiger partial charge is 0.270 e. The molecule has 0 saturated carbocycles. The normalized spacial score (nSPS) is 12.3. The molecule has 0 aliphatic rings. The zero-order chi connectivity index (χ0) is 14.7. The summed E-state index contributed by atoms with van der Waals surface area (Å²) in [7, 11) is 0. The van der Waals surface area contributed by atoms with E-state index in [1.54, 1.807) is 13.0 Å². The maximum atomic E-state index is 10.8. The van der Waals surface area contributed by atoms with Gasteiger partial charge in [0.05, 0.1) is 11.0 Å². The minimum atomic E-state index is -0.461. The van der Waals surface area contributed by atoms with E-state index >= 15 is 0 Å². The maximum absolute atomic E-state index is 10.8. The monoisotopic (exact) mass is 277 g/mol. The minimum absolute atomic E-state index is 0.0130. The van der Waals surface area contributed by atoms with Crippen LogP contribution in [0.15, 0.2) is 22.7 Å². The van der Waals surface area contributed by atoms with Gasteiger partial charge in [0.15, 0.2) is 0 Å². The third kappa shape index (κ3) is 3.18. The quantitative estimate of drug-likeness (QED) is 0.664. The number of nitro groups is 1. The van der Waals surface area contributed by atoms with Gasteiger partial charge in [0.1, 0.15) is 0 Å². The van der Waals surface area contributed by atoms with Gasteiger partial charge >= 0.3 is 0 Å². The van der Waals surface area contributed by atoms with Gasteiger partial charge < -0.3 is 9.63 Å². The minimum Gasteiger partial charge on any atom is -0.393 e. The van der Waals surface area contributed by atoms with Crippen molar-refractivity contribution in [1.82, 2.24) is 10.1 Å². The van der Waals surface area contributed by atoms with Crippen molar-refractivity contribution >= 4 is 5.69 Å². The Balaban J connectivity index is 2.27. The van der Waals surface area contributed by atoms with Crippen LogP contribution in [0.5, 0.6) is 0 Å². The number of non-ortho nitro benzene ring substituents is 1. The fourth-order valence-corrected chi connectivity index (χ4v) is 1.76. The Hall–Kier alpha value is -2.28. The molecule has 0 aliphatic heterocycles. The Kier molecular flexibility index (Phi) is 4.09. The average Bonchev–Trinajstić information content (AvgIpc) is 2.85. The van der Waals surface area contributed by atoms with Crippen LogP contribution >= 0.6 is 0 Å². The number of aliphatic hydroxyl groups excluding tert-OH is 1. The van der Waals surface area contributed by atoms with Gasteiger partial charge in [-0.25, -0.2) is 0 Å². The van der Waals surface area contributed by atoms with E-state index in [1.807, 2.05) is 6.92 Å². The highest BCUT2D eigenvalue weighted by molar-refractivity contribution is 5.63. The number of nitro benzene ring substituents is 1. The van der Waals surface area contributed by atoms with E-state index in [0.717, 1.165) is 5.56 Å². The Morgan fingerprint density at radius 3 is 2.90 bits per heavy atom. The van der Waals surface area contributed by atoms with Crippen molar-refractivity contribution in [3.05, 3.63) is 39.8 Å². The van der Waals surface area contributed by atoms with E-state index in [1.165, 1.54) is 12.1 Å². The van der Waals surface area contributed by atoms with E-state index in [0.29, 0.717) is 30.1 Å². The predicted octanol–water partition coefficient (Wildman–Crippen LogP) is 2.27. The third-order valence-electron chi connectivity index (χ3n) is 2.92. The van der Waals surface area contributed by atoms with Crippen LogP contribution in [0.4, 0.5) is 5.69 Å². The van der Waals surface area contributed by atoms with Crippen molar-refractivity contribution in [3.63, 3.8) is 0 Å². The zero-order valence-corrected chi connectivity index (χ0v) is 11.2. The average molecular weight is 277 g/mol. The van der Waals surface area contributed by atoms with Gasteiger partial charge in [-0.1, -0.05) is 11.2 Å². The molecule has 2 rings (SSSR count). The molecule has 1 heterocycles. The Labute approximate surface area is 115 Å². The molecular weight excluding hydrogens is 262 g/mol. The van der Waals surface area contributed by atoms with Gasteiger partial charge in [0, 0.05) is 24.1 Å².